The minimum absolute atomic E-state index is 0.473. The predicted molar refractivity (Wildman–Crippen MR) is 188 cm³/mol. The Bertz CT molecular complexity index is 2250. The molecule has 0 saturated carbocycles. The summed E-state index contributed by atoms with van der Waals surface area (Å²) in [5.41, 5.74) is 12.5. The molecule has 0 radical (unpaired) electrons. The lowest BCUT2D eigenvalue weighted by molar-refractivity contribution is 0.881. The first-order chi connectivity index (χ1) is 21.8. The van der Waals surface area contributed by atoms with E-state index < -0.39 is 0 Å². The average Bonchev–Trinajstić information content (AvgIpc) is 3.64. The molecule has 2 heteroatoms. The van der Waals surface area contributed by atoms with E-state index in [0.29, 0.717) is 11.2 Å². The molecule has 9 rings (SSSR count). The average molecular weight is 580 g/mol. The molecule has 2 atom stereocenters. The molecule has 0 fully saturated rings. The zero-order valence-electron chi connectivity index (χ0n) is 24.1. The summed E-state index contributed by atoms with van der Waals surface area (Å²) < 4.78 is 2.43. The van der Waals surface area contributed by atoms with Gasteiger partial charge in [0.25, 0.3) is 0 Å². The van der Waals surface area contributed by atoms with E-state index >= 15 is 0 Å². The Morgan fingerprint density at radius 2 is 1.14 bits per heavy atom. The minimum Gasteiger partial charge on any atom is -0.309 e. The second-order valence-corrected chi connectivity index (χ2v) is 12.9. The van der Waals surface area contributed by atoms with E-state index in [4.69, 9.17) is 0 Å². The van der Waals surface area contributed by atoms with Crippen molar-refractivity contribution < 1.29 is 0 Å². The largest absolute Gasteiger partial charge is 0.309 e. The smallest absolute Gasteiger partial charge is 0.0541 e. The summed E-state index contributed by atoms with van der Waals surface area (Å²) in [5.74, 6) is 0.473. The SMILES string of the molecule is C1=CC2Sc3ccc(-c4ccc(-c5ccccc5-n5c6ccccc6c6cc(-c7ccccc7)ccc65)cc4)cc3C2C=C1. The molecule has 0 saturated heterocycles. The van der Waals surface area contributed by atoms with E-state index in [-0.39, 0.29) is 0 Å². The molecule has 1 nitrogen and oxygen atoms in total. The van der Waals surface area contributed by atoms with Crippen molar-refractivity contribution in [3.05, 3.63) is 169 Å². The monoisotopic (exact) mass is 579 g/mol. The lowest BCUT2D eigenvalue weighted by Gasteiger charge is -2.16. The number of hydrogen-bond acceptors (Lipinski definition) is 1. The maximum absolute atomic E-state index is 2.43. The Morgan fingerprint density at radius 3 is 2.05 bits per heavy atom. The Balaban J connectivity index is 1.13. The van der Waals surface area contributed by atoms with E-state index in [0.717, 1.165) is 0 Å². The Morgan fingerprint density at radius 1 is 0.477 bits per heavy atom. The number of fused-ring (bicyclic) bond motifs is 6. The maximum Gasteiger partial charge on any atom is 0.0541 e. The number of allylic oxidation sites excluding steroid dienone is 3. The third-order valence-corrected chi connectivity index (χ3v) is 10.5. The first-order valence-corrected chi connectivity index (χ1v) is 16.1. The molecular weight excluding hydrogens is 551 g/mol. The Hall–Kier alpha value is -5.05. The molecule has 0 amide bonds. The zero-order chi connectivity index (χ0) is 29.0. The van der Waals surface area contributed by atoms with Gasteiger partial charge in [-0.15, -0.1) is 11.8 Å². The van der Waals surface area contributed by atoms with E-state index in [1.54, 1.807) is 0 Å². The number of rotatable bonds is 4. The van der Waals surface area contributed by atoms with Crippen LogP contribution in [-0.2, 0) is 0 Å². The third-order valence-electron chi connectivity index (χ3n) is 9.17. The molecular formula is C42H29NS. The molecule has 208 valence electrons. The summed E-state index contributed by atoms with van der Waals surface area (Å²) in [7, 11) is 0. The van der Waals surface area contributed by atoms with Gasteiger partial charge in [-0.1, -0.05) is 127 Å². The number of benzene rings is 6. The van der Waals surface area contributed by atoms with Gasteiger partial charge in [-0.2, -0.15) is 0 Å². The van der Waals surface area contributed by atoms with Crippen LogP contribution in [0.2, 0.25) is 0 Å². The Labute approximate surface area is 261 Å². The fraction of sp³-hybridized carbons (Fsp3) is 0.0476. The second kappa shape index (κ2) is 10.3. The molecule has 2 heterocycles. The van der Waals surface area contributed by atoms with Gasteiger partial charge in [-0.25, -0.2) is 0 Å². The number of para-hydroxylation sites is 2. The van der Waals surface area contributed by atoms with Crippen LogP contribution in [0.3, 0.4) is 0 Å². The van der Waals surface area contributed by atoms with Crippen LogP contribution in [-0.4, -0.2) is 9.82 Å². The van der Waals surface area contributed by atoms with Gasteiger partial charge in [0.2, 0.25) is 0 Å². The van der Waals surface area contributed by atoms with E-state index in [9.17, 15) is 0 Å². The predicted octanol–water partition coefficient (Wildman–Crippen LogP) is 11.5. The van der Waals surface area contributed by atoms with Crippen molar-refractivity contribution in [2.75, 3.05) is 0 Å². The van der Waals surface area contributed by atoms with Gasteiger partial charge in [-0.05, 0) is 69.8 Å². The van der Waals surface area contributed by atoms with E-state index in [1.165, 1.54) is 71.3 Å². The molecule has 2 unspecified atom stereocenters. The summed E-state index contributed by atoms with van der Waals surface area (Å²) in [6.45, 7) is 0. The van der Waals surface area contributed by atoms with Crippen molar-refractivity contribution >= 4 is 33.6 Å². The zero-order valence-corrected chi connectivity index (χ0v) is 24.9. The van der Waals surface area contributed by atoms with Crippen molar-refractivity contribution in [1.29, 1.82) is 0 Å². The van der Waals surface area contributed by atoms with Crippen LogP contribution in [0.25, 0.3) is 60.9 Å². The quantitative estimate of drug-likeness (QED) is 0.201. The lowest BCUT2D eigenvalue weighted by Crippen LogP contribution is -2.06. The Kier molecular flexibility index (Phi) is 5.95. The van der Waals surface area contributed by atoms with Gasteiger partial charge in [0, 0.05) is 32.4 Å². The van der Waals surface area contributed by atoms with Crippen molar-refractivity contribution in [3.8, 4) is 39.1 Å². The molecule has 1 aliphatic carbocycles. The topological polar surface area (TPSA) is 4.93 Å². The summed E-state index contributed by atoms with van der Waals surface area (Å²) in [6, 6.07) is 51.2. The highest BCUT2D eigenvalue weighted by Crippen LogP contribution is 2.49. The second-order valence-electron chi connectivity index (χ2n) is 11.7. The van der Waals surface area contributed by atoms with E-state index in [1.807, 2.05) is 11.8 Å². The molecule has 0 bridgehead atoms. The van der Waals surface area contributed by atoms with Crippen LogP contribution in [0.5, 0.6) is 0 Å². The molecule has 0 spiro atoms. The van der Waals surface area contributed by atoms with Gasteiger partial charge in [0.15, 0.2) is 0 Å². The van der Waals surface area contributed by atoms with Crippen LogP contribution < -0.4 is 0 Å². The molecule has 44 heavy (non-hydrogen) atoms. The minimum atomic E-state index is 0.473. The highest BCUT2D eigenvalue weighted by molar-refractivity contribution is 8.00. The highest BCUT2D eigenvalue weighted by atomic mass is 32.2. The lowest BCUT2D eigenvalue weighted by atomic mass is 9.90. The van der Waals surface area contributed by atoms with Crippen LogP contribution in [0.4, 0.5) is 0 Å². The molecule has 0 N–H and O–H groups in total. The number of hydrogen-bond donors (Lipinski definition) is 0. The standard InChI is InChI=1S/C42H29NS/c1-2-10-28(11-3-1)31-22-24-40-36(26-31)34-13-5-8-16-39(34)43(40)38-15-7-4-12-33(38)30-20-18-29(19-21-30)32-23-25-42-37(27-32)35-14-6-9-17-41(35)44-42/h1-27,35,41H. The fourth-order valence-electron chi connectivity index (χ4n) is 7.02. The molecule has 6 aromatic carbocycles. The van der Waals surface area contributed by atoms with Crippen LogP contribution >= 0.6 is 11.8 Å². The van der Waals surface area contributed by atoms with Gasteiger partial charge in [0.05, 0.1) is 16.7 Å². The summed E-state index contributed by atoms with van der Waals surface area (Å²) >= 11 is 1.98. The van der Waals surface area contributed by atoms with Gasteiger partial charge >= 0.3 is 0 Å². The number of thioether (sulfide) groups is 1. The normalized spacial score (nSPS) is 16.8. The highest BCUT2D eigenvalue weighted by Gasteiger charge is 2.31. The van der Waals surface area contributed by atoms with Crippen molar-refractivity contribution in [1.82, 2.24) is 4.57 Å². The van der Waals surface area contributed by atoms with Crippen LogP contribution in [0.1, 0.15) is 11.5 Å². The summed E-state index contributed by atoms with van der Waals surface area (Å²) in [6.07, 6.45) is 9.05. The fourth-order valence-corrected chi connectivity index (χ4v) is 8.34. The molecule has 7 aromatic rings. The molecule has 1 aromatic heterocycles. The van der Waals surface area contributed by atoms with Gasteiger partial charge in [-0.3, -0.25) is 0 Å². The maximum atomic E-state index is 2.43. The van der Waals surface area contributed by atoms with Crippen molar-refractivity contribution in [2.45, 2.75) is 16.1 Å². The summed E-state index contributed by atoms with van der Waals surface area (Å²) in [4.78, 5) is 1.41. The van der Waals surface area contributed by atoms with E-state index in [2.05, 4.69) is 168 Å². The summed E-state index contributed by atoms with van der Waals surface area (Å²) in [5, 5.41) is 3.06. The van der Waals surface area contributed by atoms with Crippen LogP contribution in [0, 0.1) is 0 Å². The van der Waals surface area contributed by atoms with Crippen molar-refractivity contribution in [2.24, 2.45) is 0 Å². The van der Waals surface area contributed by atoms with Gasteiger partial charge < -0.3 is 4.57 Å². The number of aromatic nitrogens is 1. The van der Waals surface area contributed by atoms with Crippen molar-refractivity contribution in [3.63, 3.8) is 0 Å². The van der Waals surface area contributed by atoms with Gasteiger partial charge in [0.1, 0.15) is 0 Å². The first kappa shape index (κ1) is 25.4. The van der Waals surface area contributed by atoms with Crippen LogP contribution in [0.15, 0.2) is 169 Å². The third kappa shape index (κ3) is 4.10. The number of nitrogens with zero attached hydrogens (tertiary/aromatic N) is 1. The molecule has 2 aliphatic rings. The molecule has 1 aliphatic heterocycles. The first-order valence-electron chi connectivity index (χ1n) is 15.3.